The van der Waals surface area contributed by atoms with Gasteiger partial charge in [-0.15, -0.1) is 0 Å². The minimum Gasteiger partial charge on any atom is -0.384 e. The lowest BCUT2D eigenvalue weighted by Crippen LogP contribution is -2.03. The average molecular weight is 295 g/mol. The largest absolute Gasteiger partial charge is 0.384 e. The third-order valence-electron chi connectivity index (χ3n) is 2.76. The van der Waals surface area contributed by atoms with Gasteiger partial charge in [0.1, 0.15) is 11.9 Å². The summed E-state index contributed by atoms with van der Waals surface area (Å²) in [7, 11) is 0. The van der Waals surface area contributed by atoms with Crippen molar-refractivity contribution in [1.29, 1.82) is 0 Å². The Kier molecular flexibility index (Phi) is 3.60. The average Bonchev–Trinajstić information content (AvgIpc) is 2.32. The van der Waals surface area contributed by atoms with Crippen LogP contribution in [0.25, 0.3) is 0 Å². The molecule has 0 amide bonds. The Bertz CT molecular complexity index is 539. The first-order valence-electron chi connectivity index (χ1n) is 5.28. The summed E-state index contributed by atoms with van der Waals surface area (Å²) in [4.78, 5) is 0. The normalized spacial score (nSPS) is 12.5. The van der Waals surface area contributed by atoms with Crippen LogP contribution in [0.4, 0.5) is 4.39 Å². The lowest BCUT2D eigenvalue weighted by molar-refractivity contribution is 0.218. The zero-order valence-corrected chi connectivity index (χ0v) is 10.9. The van der Waals surface area contributed by atoms with Crippen molar-refractivity contribution in [3.05, 3.63) is 69.4 Å². The Labute approximate surface area is 108 Å². The molecule has 0 aliphatic carbocycles. The van der Waals surface area contributed by atoms with Crippen LogP contribution in [-0.2, 0) is 0 Å². The van der Waals surface area contributed by atoms with Gasteiger partial charge in [0, 0.05) is 5.56 Å². The second kappa shape index (κ2) is 4.98. The third-order valence-corrected chi connectivity index (χ3v) is 3.60. The molecule has 88 valence electrons. The molecule has 0 radical (unpaired) electrons. The maximum absolute atomic E-state index is 13.4. The highest BCUT2D eigenvalue weighted by molar-refractivity contribution is 9.10. The van der Waals surface area contributed by atoms with E-state index in [0.717, 1.165) is 11.1 Å². The van der Waals surface area contributed by atoms with Gasteiger partial charge < -0.3 is 5.11 Å². The minimum absolute atomic E-state index is 0.316. The molecule has 0 aliphatic heterocycles. The van der Waals surface area contributed by atoms with Gasteiger partial charge in [-0.3, -0.25) is 0 Å². The van der Waals surface area contributed by atoms with E-state index in [1.807, 2.05) is 31.2 Å². The van der Waals surface area contributed by atoms with Crippen LogP contribution in [0, 0.1) is 12.7 Å². The van der Waals surface area contributed by atoms with Crippen LogP contribution in [0.2, 0.25) is 0 Å². The van der Waals surface area contributed by atoms with E-state index >= 15 is 0 Å². The van der Waals surface area contributed by atoms with Gasteiger partial charge >= 0.3 is 0 Å². The highest BCUT2D eigenvalue weighted by Crippen LogP contribution is 2.31. The van der Waals surface area contributed by atoms with E-state index in [-0.39, 0.29) is 5.82 Å². The van der Waals surface area contributed by atoms with Crippen molar-refractivity contribution in [2.45, 2.75) is 13.0 Å². The van der Waals surface area contributed by atoms with Crippen molar-refractivity contribution >= 4 is 15.9 Å². The fourth-order valence-electron chi connectivity index (χ4n) is 1.79. The molecular weight excluding hydrogens is 283 g/mol. The molecule has 17 heavy (non-hydrogen) atoms. The van der Waals surface area contributed by atoms with Crippen LogP contribution < -0.4 is 0 Å². The zero-order valence-electron chi connectivity index (χ0n) is 9.32. The summed E-state index contributed by atoms with van der Waals surface area (Å²) in [6.45, 7) is 1.92. The number of aryl methyl sites for hydroxylation is 1. The predicted octanol–water partition coefficient (Wildman–Crippen LogP) is 3.98. The number of rotatable bonds is 2. The van der Waals surface area contributed by atoms with E-state index in [4.69, 9.17) is 0 Å². The number of benzene rings is 2. The molecule has 1 N–H and O–H groups in total. The Hall–Kier alpha value is -1.19. The van der Waals surface area contributed by atoms with E-state index in [1.165, 1.54) is 6.07 Å². The van der Waals surface area contributed by atoms with Crippen LogP contribution in [0.5, 0.6) is 0 Å². The highest BCUT2D eigenvalue weighted by Gasteiger charge is 2.16. The number of hydrogen-bond donors (Lipinski definition) is 1. The number of hydrogen-bond acceptors (Lipinski definition) is 1. The van der Waals surface area contributed by atoms with Crippen LogP contribution in [0.15, 0.2) is 46.9 Å². The number of aliphatic hydroxyl groups is 1. The van der Waals surface area contributed by atoms with Gasteiger partial charge in [-0.2, -0.15) is 0 Å². The molecule has 0 heterocycles. The van der Waals surface area contributed by atoms with E-state index in [9.17, 15) is 9.50 Å². The van der Waals surface area contributed by atoms with Gasteiger partial charge in [-0.25, -0.2) is 4.39 Å². The van der Waals surface area contributed by atoms with Crippen molar-refractivity contribution in [2.24, 2.45) is 0 Å². The Morgan fingerprint density at radius 3 is 2.41 bits per heavy atom. The molecule has 2 aromatic carbocycles. The van der Waals surface area contributed by atoms with E-state index < -0.39 is 6.10 Å². The van der Waals surface area contributed by atoms with E-state index in [2.05, 4.69) is 15.9 Å². The van der Waals surface area contributed by atoms with Crippen LogP contribution in [0.3, 0.4) is 0 Å². The van der Waals surface area contributed by atoms with Crippen molar-refractivity contribution in [3.63, 3.8) is 0 Å². The van der Waals surface area contributed by atoms with E-state index in [0.29, 0.717) is 10.0 Å². The van der Waals surface area contributed by atoms with Crippen LogP contribution >= 0.6 is 15.9 Å². The third kappa shape index (κ3) is 2.40. The van der Waals surface area contributed by atoms with Gasteiger partial charge in [-0.1, -0.05) is 36.4 Å². The summed E-state index contributed by atoms with van der Waals surface area (Å²) >= 11 is 3.17. The predicted molar refractivity (Wildman–Crippen MR) is 69.3 cm³/mol. The van der Waals surface area contributed by atoms with Crippen molar-refractivity contribution in [3.8, 4) is 0 Å². The minimum atomic E-state index is -0.818. The first kappa shape index (κ1) is 12.3. The summed E-state index contributed by atoms with van der Waals surface area (Å²) < 4.78 is 13.7. The SMILES string of the molecule is Cc1ccccc1C(O)c1cccc(F)c1Br. The molecule has 1 nitrogen and oxygen atoms in total. The van der Waals surface area contributed by atoms with Gasteiger partial charge in [0.15, 0.2) is 0 Å². The summed E-state index contributed by atoms with van der Waals surface area (Å²) in [6, 6.07) is 12.2. The molecule has 0 aliphatic rings. The maximum Gasteiger partial charge on any atom is 0.137 e. The second-order valence-corrected chi connectivity index (χ2v) is 4.70. The van der Waals surface area contributed by atoms with Gasteiger partial charge in [-0.05, 0) is 40.0 Å². The second-order valence-electron chi connectivity index (χ2n) is 3.90. The Morgan fingerprint density at radius 1 is 1.06 bits per heavy atom. The molecule has 2 rings (SSSR count). The zero-order chi connectivity index (χ0) is 12.4. The maximum atomic E-state index is 13.4. The summed E-state index contributed by atoms with van der Waals surface area (Å²) in [5.41, 5.74) is 2.31. The fourth-order valence-corrected chi connectivity index (χ4v) is 2.27. The standard InChI is InChI=1S/C14H12BrFO/c1-9-5-2-3-6-10(9)14(17)11-7-4-8-12(16)13(11)15/h2-8,14,17H,1H3. The molecule has 0 saturated heterocycles. The Balaban J connectivity index is 2.48. The lowest BCUT2D eigenvalue weighted by Gasteiger charge is -2.15. The first-order chi connectivity index (χ1) is 8.11. The van der Waals surface area contributed by atoms with Crippen LogP contribution in [0.1, 0.15) is 22.8 Å². The fraction of sp³-hybridized carbons (Fsp3) is 0.143. The Morgan fingerprint density at radius 2 is 1.71 bits per heavy atom. The molecule has 3 heteroatoms. The van der Waals surface area contributed by atoms with Crippen molar-refractivity contribution in [1.82, 2.24) is 0 Å². The molecule has 0 aromatic heterocycles. The van der Waals surface area contributed by atoms with Crippen molar-refractivity contribution in [2.75, 3.05) is 0 Å². The van der Waals surface area contributed by atoms with Crippen molar-refractivity contribution < 1.29 is 9.50 Å². The molecule has 0 bridgehead atoms. The summed E-state index contributed by atoms with van der Waals surface area (Å²) in [5, 5.41) is 10.3. The molecular formula is C14H12BrFO. The smallest absolute Gasteiger partial charge is 0.137 e. The topological polar surface area (TPSA) is 20.2 Å². The monoisotopic (exact) mass is 294 g/mol. The molecule has 0 spiro atoms. The first-order valence-corrected chi connectivity index (χ1v) is 6.08. The quantitative estimate of drug-likeness (QED) is 0.888. The number of aliphatic hydroxyl groups excluding tert-OH is 1. The molecule has 1 atom stereocenters. The van der Waals surface area contributed by atoms with Gasteiger partial charge in [0.2, 0.25) is 0 Å². The van der Waals surface area contributed by atoms with E-state index in [1.54, 1.807) is 12.1 Å². The highest BCUT2D eigenvalue weighted by atomic mass is 79.9. The molecule has 0 saturated carbocycles. The van der Waals surface area contributed by atoms with Gasteiger partial charge in [0.25, 0.3) is 0 Å². The summed E-state index contributed by atoms with van der Waals surface area (Å²) in [5.74, 6) is -0.366. The molecule has 1 unspecified atom stereocenters. The molecule has 0 fully saturated rings. The van der Waals surface area contributed by atoms with Gasteiger partial charge in [0.05, 0.1) is 4.47 Å². The summed E-state index contributed by atoms with van der Waals surface area (Å²) in [6.07, 6.45) is -0.818. The van der Waals surface area contributed by atoms with Crippen LogP contribution in [-0.4, -0.2) is 5.11 Å². The molecule has 2 aromatic rings. The number of halogens is 2. The lowest BCUT2D eigenvalue weighted by atomic mass is 9.97.